The SMILES string of the molecule is CC1(c2ncc(Cc3cccc(F)c3)o2)CCCN1C(=O)CN1CCCC1. The maximum absolute atomic E-state index is 13.4. The number of oxazole rings is 1. The van der Waals surface area contributed by atoms with Gasteiger partial charge in [0.25, 0.3) is 0 Å². The number of amides is 1. The highest BCUT2D eigenvalue weighted by atomic mass is 19.1. The fraction of sp³-hybridized carbons (Fsp3) is 0.524. The topological polar surface area (TPSA) is 49.6 Å². The molecule has 2 aromatic rings. The molecular formula is C21H26FN3O2. The summed E-state index contributed by atoms with van der Waals surface area (Å²) < 4.78 is 19.4. The number of rotatable bonds is 5. The zero-order valence-electron chi connectivity index (χ0n) is 15.8. The van der Waals surface area contributed by atoms with Crippen molar-refractivity contribution in [2.24, 2.45) is 0 Å². The molecule has 5 nitrogen and oxygen atoms in total. The number of nitrogens with zero attached hydrogens (tertiary/aromatic N) is 3. The average Bonchev–Trinajstić information content (AvgIpc) is 3.36. The van der Waals surface area contributed by atoms with Crippen molar-refractivity contribution in [2.75, 3.05) is 26.2 Å². The van der Waals surface area contributed by atoms with Gasteiger partial charge in [-0.2, -0.15) is 0 Å². The van der Waals surface area contributed by atoms with Crippen LogP contribution in [0.5, 0.6) is 0 Å². The summed E-state index contributed by atoms with van der Waals surface area (Å²) in [5, 5.41) is 0. The van der Waals surface area contributed by atoms with Gasteiger partial charge in [0, 0.05) is 13.0 Å². The lowest BCUT2D eigenvalue weighted by atomic mass is 9.99. The van der Waals surface area contributed by atoms with Gasteiger partial charge in [0.1, 0.15) is 17.1 Å². The lowest BCUT2D eigenvalue weighted by Crippen LogP contribution is -2.47. The van der Waals surface area contributed by atoms with E-state index in [1.165, 1.54) is 25.0 Å². The van der Waals surface area contributed by atoms with E-state index in [-0.39, 0.29) is 11.7 Å². The highest BCUT2D eigenvalue weighted by Gasteiger charge is 2.45. The fourth-order valence-corrected chi connectivity index (χ4v) is 4.29. The summed E-state index contributed by atoms with van der Waals surface area (Å²) in [4.78, 5) is 21.5. The third-order valence-electron chi connectivity index (χ3n) is 5.78. The molecule has 27 heavy (non-hydrogen) atoms. The molecule has 4 rings (SSSR count). The Morgan fingerprint density at radius 1 is 1.26 bits per heavy atom. The van der Waals surface area contributed by atoms with E-state index < -0.39 is 5.54 Å². The number of likely N-dealkylation sites (tertiary alicyclic amines) is 2. The molecule has 144 valence electrons. The first kappa shape index (κ1) is 18.2. The van der Waals surface area contributed by atoms with E-state index in [4.69, 9.17) is 4.42 Å². The molecule has 1 amide bonds. The monoisotopic (exact) mass is 371 g/mol. The highest BCUT2D eigenvalue weighted by Crippen LogP contribution is 2.38. The molecule has 3 heterocycles. The van der Waals surface area contributed by atoms with Crippen LogP contribution in [0.3, 0.4) is 0 Å². The molecular weight excluding hydrogens is 345 g/mol. The van der Waals surface area contributed by atoms with Crippen molar-refractivity contribution in [1.29, 1.82) is 0 Å². The normalized spacial score (nSPS) is 23.3. The summed E-state index contributed by atoms with van der Waals surface area (Å²) >= 11 is 0. The number of carbonyl (C=O) groups excluding carboxylic acids is 1. The molecule has 2 aliphatic rings. The summed E-state index contributed by atoms with van der Waals surface area (Å²) in [7, 11) is 0. The fourth-order valence-electron chi connectivity index (χ4n) is 4.29. The minimum Gasteiger partial charge on any atom is -0.443 e. The minimum atomic E-state index is -0.503. The Kier molecular flexibility index (Phi) is 5.00. The van der Waals surface area contributed by atoms with Gasteiger partial charge in [-0.1, -0.05) is 12.1 Å². The molecule has 1 unspecified atom stereocenters. The van der Waals surface area contributed by atoms with E-state index in [0.717, 1.165) is 38.0 Å². The second-order valence-electron chi connectivity index (χ2n) is 7.84. The summed E-state index contributed by atoms with van der Waals surface area (Å²) in [6.07, 6.45) is 6.33. The Morgan fingerprint density at radius 2 is 2.07 bits per heavy atom. The van der Waals surface area contributed by atoms with Crippen molar-refractivity contribution < 1.29 is 13.6 Å². The predicted molar refractivity (Wildman–Crippen MR) is 99.7 cm³/mol. The predicted octanol–water partition coefficient (Wildman–Crippen LogP) is 3.34. The molecule has 0 aliphatic carbocycles. The Balaban J connectivity index is 1.49. The number of carbonyl (C=O) groups is 1. The van der Waals surface area contributed by atoms with Crippen LogP contribution in [0.2, 0.25) is 0 Å². The Bertz CT molecular complexity index is 815. The zero-order chi connectivity index (χ0) is 18.9. The van der Waals surface area contributed by atoms with Gasteiger partial charge in [-0.25, -0.2) is 9.37 Å². The summed E-state index contributed by atoms with van der Waals surface area (Å²) in [5.74, 6) is 1.17. The van der Waals surface area contributed by atoms with Gasteiger partial charge in [-0.3, -0.25) is 9.69 Å². The van der Waals surface area contributed by atoms with Crippen LogP contribution in [0.4, 0.5) is 4.39 Å². The van der Waals surface area contributed by atoms with Crippen LogP contribution < -0.4 is 0 Å². The van der Waals surface area contributed by atoms with E-state index in [9.17, 15) is 9.18 Å². The minimum absolute atomic E-state index is 0.154. The maximum atomic E-state index is 13.4. The van der Waals surface area contributed by atoms with E-state index in [1.807, 2.05) is 17.9 Å². The number of aromatic nitrogens is 1. The standard InChI is InChI=1S/C21H26FN3O2/c1-21(8-5-11-25(21)19(26)15-24-9-2-3-10-24)20-23-14-18(27-20)13-16-6-4-7-17(22)12-16/h4,6-7,12,14H,2-3,5,8-11,13,15H2,1H3. The van der Waals surface area contributed by atoms with Crippen molar-refractivity contribution in [2.45, 2.75) is 44.6 Å². The van der Waals surface area contributed by atoms with E-state index >= 15 is 0 Å². The second-order valence-corrected chi connectivity index (χ2v) is 7.84. The van der Waals surface area contributed by atoms with E-state index in [2.05, 4.69) is 9.88 Å². The van der Waals surface area contributed by atoms with Crippen LogP contribution in [0.25, 0.3) is 0 Å². The second kappa shape index (κ2) is 7.43. The third kappa shape index (κ3) is 3.76. The van der Waals surface area contributed by atoms with Gasteiger partial charge in [0.15, 0.2) is 0 Å². The molecule has 0 bridgehead atoms. The molecule has 1 aromatic heterocycles. The smallest absolute Gasteiger partial charge is 0.237 e. The Morgan fingerprint density at radius 3 is 2.85 bits per heavy atom. The number of halogens is 1. The van der Waals surface area contributed by atoms with Crippen molar-refractivity contribution in [1.82, 2.24) is 14.8 Å². The van der Waals surface area contributed by atoms with Crippen LogP contribution in [0.15, 0.2) is 34.9 Å². The number of hydrogen-bond acceptors (Lipinski definition) is 4. The molecule has 2 aliphatic heterocycles. The molecule has 6 heteroatoms. The van der Waals surface area contributed by atoms with Gasteiger partial charge < -0.3 is 9.32 Å². The Hall–Kier alpha value is -2.21. The van der Waals surface area contributed by atoms with E-state index in [0.29, 0.717) is 24.6 Å². The van der Waals surface area contributed by atoms with Crippen molar-refractivity contribution in [3.63, 3.8) is 0 Å². The summed E-state index contributed by atoms with van der Waals surface area (Å²) in [6, 6.07) is 6.50. The van der Waals surface area contributed by atoms with Crippen LogP contribution in [0.1, 0.15) is 49.8 Å². The third-order valence-corrected chi connectivity index (χ3v) is 5.78. The van der Waals surface area contributed by atoms with Crippen LogP contribution >= 0.6 is 0 Å². The maximum Gasteiger partial charge on any atom is 0.237 e. The van der Waals surface area contributed by atoms with Crippen LogP contribution in [-0.2, 0) is 16.8 Å². The van der Waals surface area contributed by atoms with Crippen LogP contribution in [-0.4, -0.2) is 46.9 Å². The lowest BCUT2D eigenvalue weighted by molar-refractivity contribution is -0.137. The van der Waals surface area contributed by atoms with Crippen LogP contribution in [0, 0.1) is 5.82 Å². The van der Waals surface area contributed by atoms with Gasteiger partial charge in [-0.05, 0) is 63.4 Å². The molecule has 2 fully saturated rings. The molecule has 0 radical (unpaired) electrons. The average molecular weight is 371 g/mol. The molecule has 0 saturated carbocycles. The quantitative estimate of drug-likeness (QED) is 0.809. The van der Waals surface area contributed by atoms with Gasteiger partial charge in [0.05, 0.1) is 12.7 Å². The summed E-state index contributed by atoms with van der Waals surface area (Å²) in [6.45, 7) is 5.27. The molecule has 1 atom stereocenters. The van der Waals surface area contributed by atoms with Gasteiger partial charge >= 0.3 is 0 Å². The molecule has 0 spiro atoms. The van der Waals surface area contributed by atoms with Gasteiger partial charge in [-0.15, -0.1) is 0 Å². The first-order chi connectivity index (χ1) is 13.0. The number of benzene rings is 1. The molecule has 1 aromatic carbocycles. The van der Waals surface area contributed by atoms with Gasteiger partial charge in [0.2, 0.25) is 11.8 Å². The highest BCUT2D eigenvalue weighted by molar-refractivity contribution is 5.79. The first-order valence-electron chi connectivity index (χ1n) is 9.77. The Labute approximate surface area is 159 Å². The molecule has 2 saturated heterocycles. The van der Waals surface area contributed by atoms with Crippen molar-refractivity contribution in [3.8, 4) is 0 Å². The zero-order valence-corrected chi connectivity index (χ0v) is 15.8. The van der Waals surface area contributed by atoms with Crippen molar-refractivity contribution >= 4 is 5.91 Å². The number of hydrogen-bond donors (Lipinski definition) is 0. The largest absolute Gasteiger partial charge is 0.443 e. The first-order valence-corrected chi connectivity index (χ1v) is 9.77. The summed E-state index contributed by atoms with van der Waals surface area (Å²) in [5.41, 5.74) is 0.341. The van der Waals surface area contributed by atoms with Crippen molar-refractivity contribution in [3.05, 3.63) is 53.5 Å². The molecule has 0 N–H and O–H groups in total. The lowest BCUT2D eigenvalue weighted by Gasteiger charge is -2.33. The van der Waals surface area contributed by atoms with E-state index in [1.54, 1.807) is 12.3 Å².